The molecule has 5 nitrogen and oxygen atoms in total. The van der Waals surface area contributed by atoms with E-state index in [1.54, 1.807) is 0 Å². The van der Waals surface area contributed by atoms with Crippen LogP contribution in [0.3, 0.4) is 0 Å². The summed E-state index contributed by atoms with van der Waals surface area (Å²) in [6.45, 7) is 2.04. The third-order valence-corrected chi connectivity index (χ3v) is 6.52. The predicted octanol–water partition coefficient (Wildman–Crippen LogP) is 5.13. The molecule has 1 saturated heterocycles. The molecule has 0 unspecified atom stereocenters. The van der Waals surface area contributed by atoms with E-state index in [4.69, 9.17) is 0 Å². The Kier molecular flexibility index (Phi) is 7.97. The smallest absolute Gasteiger partial charge is 0.227 e. The van der Waals surface area contributed by atoms with Crippen LogP contribution in [0.5, 0.6) is 0 Å². The van der Waals surface area contributed by atoms with Crippen LogP contribution >= 0.6 is 0 Å². The predicted molar refractivity (Wildman–Crippen MR) is 138 cm³/mol. The molecule has 34 heavy (non-hydrogen) atoms. The van der Waals surface area contributed by atoms with E-state index in [2.05, 4.69) is 34.5 Å². The van der Waals surface area contributed by atoms with Crippen LogP contribution in [0.4, 0.5) is 11.4 Å². The van der Waals surface area contributed by atoms with Gasteiger partial charge in [0, 0.05) is 39.0 Å². The van der Waals surface area contributed by atoms with Crippen LogP contribution < -0.4 is 10.2 Å². The summed E-state index contributed by atoms with van der Waals surface area (Å²) in [7, 11) is 2.04. The van der Waals surface area contributed by atoms with Crippen molar-refractivity contribution in [3.63, 3.8) is 0 Å². The molecular formula is C29H33N3O2. The van der Waals surface area contributed by atoms with Crippen molar-refractivity contribution in [2.75, 3.05) is 30.4 Å². The van der Waals surface area contributed by atoms with E-state index in [0.29, 0.717) is 32.4 Å². The minimum atomic E-state index is -0.0781. The van der Waals surface area contributed by atoms with Gasteiger partial charge in [0.25, 0.3) is 0 Å². The molecule has 0 aromatic heterocycles. The molecule has 1 aliphatic rings. The van der Waals surface area contributed by atoms with Gasteiger partial charge in [-0.05, 0) is 42.5 Å². The summed E-state index contributed by atoms with van der Waals surface area (Å²) in [6, 6.07) is 28.3. The van der Waals surface area contributed by atoms with Crippen molar-refractivity contribution in [1.29, 1.82) is 0 Å². The second-order valence-electron chi connectivity index (χ2n) is 8.99. The zero-order valence-corrected chi connectivity index (χ0v) is 19.8. The molecule has 5 heteroatoms. The van der Waals surface area contributed by atoms with E-state index in [-0.39, 0.29) is 17.7 Å². The fraction of sp³-hybridized carbons (Fsp3) is 0.310. The summed E-state index contributed by atoms with van der Waals surface area (Å²) >= 11 is 0. The first kappa shape index (κ1) is 23.6. The van der Waals surface area contributed by atoms with Gasteiger partial charge in [0.15, 0.2) is 0 Å². The Morgan fingerprint density at radius 2 is 1.44 bits per heavy atom. The highest BCUT2D eigenvalue weighted by Gasteiger charge is 2.27. The molecule has 1 fully saturated rings. The van der Waals surface area contributed by atoms with Crippen LogP contribution in [0.1, 0.15) is 30.4 Å². The Bertz CT molecular complexity index is 1080. The zero-order chi connectivity index (χ0) is 23.8. The molecule has 4 rings (SSSR count). The number of aryl methyl sites for hydroxylation is 1. The molecule has 0 atom stereocenters. The number of carbonyl (C=O) groups excluding carboxylic acids is 2. The zero-order valence-electron chi connectivity index (χ0n) is 19.8. The number of hydrogen-bond acceptors (Lipinski definition) is 3. The van der Waals surface area contributed by atoms with E-state index >= 15 is 0 Å². The van der Waals surface area contributed by atoms with Crippen LogP contribution in [0.2, 0.25) is 0 Å². The molecule has 1 heterocycles. The lowest BCUT2D eigenvalue weighted by Gasteiger charge is -2.32. The Labute approximate surface area is 202 Å². The van der Waals surface area contributed by atoms with Crippen molar-refractivity contribution in [3.8, 4) is 0 Å². The van der Waals surface area contributed by atoms with E-state index in [1.807, 2.05) is 72.6 Å². The number of amides is 2. The Morgan fingerprint density at radius 3 is 2.12 bits per heavy atom. The molecular weight excluding hydrogens is 422 g/mol. The molecule has 0 saturated carbocycles. The van der Waals surface area contributed by atoms with Gasteiger partial charge in [-0.3, -0.25) is 9.59 Å². The van der Waals surface area contributed by atoms with E-state index in [0.717, 1.165) is 24.3 Å². The number of piperidine rings is 1. The molecule has 3 aromatic carbocycles. The van der Waals surface area contributed by atoms with Gasteiger partial charge >= 0.3 is 0 Å². The number of likely N-dealkylation sites (tertiary alicyclic amines) is 1. The van der Waals surface area contributed by atoms with Gasteiger partial charge in [-0.15, -0.1) is 0 Å². The highest BCUT2D eigenvalue weighted by molar-refractivity contribution is 5.96. The molecule has 3 aromatic rings. The minimum Gasteiger partial charge on any atom is -0.369 e. The lowest BCUT2D eigenvalue weighted by atomic mass is 9.95. The second kappa shape index (κ2) is 11.5. The Hall–Kier alpha value is -3.60. The van der Waals surface area contributed by atoms with Crippen molar-refractivity contribution in [2.24, 2.45) is 5.92 Å². The maximum absolute atomic E-state index is 13.1. The Morgan fingerprint density at radius 1 is 0.853 bits per heavy atom. The maximum atomic E-state index is 13.1. The standard InChI is InChI=1S/C29H33N3O2/c1-31(22-24-12-6-3-7-13-24)27-15-9-8-14-26(27)30-29(34)25-18-20-32(21-19-25)28(33)17-16-23-10-4-2-5-11-23/h2-15,25H,16-22H2,1H3,(H,30,34). The topological polar surface area (TPSA) is 52.7 Å². The van der Waals surface area contributed by atoms with Crippen molar-refractivity contribution in [3.05, 3.63) is 96.1 Å². The molecule has 0 spiro atoms. The number of benzene rings is 3. The summed E-state index contributed by atoms with van der Waals surface area (Å²) in [5.41, 5.74) is 4.22. The SMILES string of the molecule is CN(Cc1ccccc1)c1ccccc1NC(=O)C1CCN(C(=O)CCc2ccccc2)CC1. The summed E-state index contributed by atoms with van der Waals surface area (Å²) < 4.78 is 0. The highest BCUT2D eigenvalue weighted by Crippen LogP contribution is 2.28. The number of hydrogen-bond donors (Lipinski definition) is 1. The van der Waals surface area contributed by atoms with Crippen molar-refractivity contribution in [2.45, 2.75) is 32.2 Å². The minimum absolute atomic E-state index is 0.0388. The van der Waals surface area contributed by atoms with E-state index < -0.39 is 0 Å². The Balaban J connectivity index is 1.29. The van der Waals surface area contributed by atoms with Crippen LogP contribution in [-0.2, 0) is 22.6 Å². The number of carbonyl (C=O) groups is 2. The van der Waals surface area contributed by atoms with Gasteiger partial charge in [-0.2, -0.15) is 0 Å². The first-order valence-electron chi connectivity index (χ1n) is 12.1. The van der Waals surface area contributed by atoms with Crippen molar-refractivity contribution >= 4 is 23.2 Å². The molecule has 0 radical (unpaired) electrons. The number of para-hydroxylation sites is 2. The number of anilines is 2. The number of nitrogens with zero attached hydrogens (tertiary/aromatic N) is 2. The lowest BCUT2D eigenvalue weighted by Crippen LogP contribution is -2.41. The molecule has 0 aliphatic carbocycles. The van der Waals surface area contributed by atoms with E-state index in [9.17, 15) is 9.59 Å². The molecule has 0 bridgehead atoms. The van der Waals surface area contributed by atoms with Gasteiger partial charge in [0.05, 0.1) is 11.4 Å². The molecule has 2 amide bonds. The average Bonchev–Trinajstić information content (AvgIpc) is 2.89. The molecule has 1 aliphatic heterocycles. The number of rotatable bonds is 8. The van der Waals surface area contributed by atoms with Gasteiger partial charge in [0.1, 0.15) is 0 Å². The van der Waals surface area contributed by atoms with Gasteiger partial charge in [0.2, 0.25) is 11.8 Å². The van der Waals surface area contributed by atoms with Crippen LogP contribution in [0.15, 0.2) is 84.9 Å². The van der Waals surface area contributed by atoms with Crippen molar-refractivity contribution < 1.29 is 9.59 Å². The second-order valence-corrected chi connectivity index (χ2v) is 8.99. The van der Waals surface area contributed by atoms with Crippen LogP contribution in [0.25, 0.3) is 0 Å². The van der Waals surface area contributed by atoms with Gasteiger partial charge < -0.3 is 15.1 Å². The first-order valence-corrected chi connectivity index (χ1v) is 12.1. The molecule has 1 N–H and O–H groups in total. The van der Waals surface area contributed by atoms with Crippen molar-refractivity contribution in [1.82, 2.24) is 4.90 Å². The third-order valence-electron chi connectivity index (χ3n) is 6.52. The van der Waals surface area contributed by atoms with Crippen LogP contribution in [0, 0.1) is 5.92 Å². The molecule has 176 valence electrons. The summed E-state index contributed by atoms with van der Waals surface area (Å²) in [5.74, 6) is 0.137. The van der Waals surface area contributed by atoms with Gasteiger partial charge in [-0.25, -0.2) is 0 Å². The maximum Gasteiger partial charge on any atom is 0.227 e. The quantitative estimate of drug-likeness (QED) is 0.512. The van der Waals surface area contributed by atoms with Gasteiger partial charge in [-0.1, -0.05) is 72.8 Å². The van der Waals surface area contributed by atoms with E-state index in [1.165, 1.54) is 11.1 Å². The first-order chi connectivity index (χ1) is 16.6. The lowest BCUT2D eigenvalue weighted by molar-refractivity contribution is -0.134. The fourth-order valence-corrected chi connectivity index (χ4v) is 4.53. The fourth-order valence-electron chi connectivity index (χ4n) is 4.53. The summed E-state index contributed by atoms with van der Waals surface area (Å²) in [4.78, 5) is 29.7. The average molecular weight is 456 g/mol. The summed E-state index contributed by atoms with van der Waals surface area (Å²) in [6.07, 6.45) is 2.67. The summed E-state index contributed by atoms with van der Waals surface area (Å²) in [5, 5.41) is 3.15. The highest BCUT2D eigenvalue weighted by atomic mass is 16.2. The largest absolute Gasteiger partial charge is 0.369 e. The third kappa shape index (κ3) is 6.25. The number of nitrogens with one attached hydrogen (secondary N) is 1. The van der Waals surface area contributed by atoms with Crippen LogP contribution in [-0.4, -0.2) is 36.9 Å². The monoisotopic (exact) mass is 455 g/mol. The normalized spacial score (nSPS) is 14.0.